The van der Waals surface area contributed by atoms with Crippen LogP contribution in [-0.4, -0.2) is 31.7 Å². The van der Waals surface area contributed by atoms with Gasteiger partial charge in [-0.2, -0.15) is 26.7 Å². The van der Waals surface area contributed by atoms with E-state index in [9.17, 15) is 26.4 Å². The van der Waals surface area contributed by atoms with Gasteiger partial charge in [-0.25, -0.2) is 4.79 Å². The fraction of sp³-hybridized carbons (Fsp3) is 0.409. The number of carbonyl (C=O) groups excluding carboxylic acids is 1. The van der Waals surface area contributed by atoms with E-state index in [4.69, 9.17) is 9.02 Å². The lowest BCUT2D eigenvalue weighted by molar-refractivity contribution is -0.138. The fourth-order valence-corrected chi connectivity index (χ4v) is 3.69. The molecule has 0 aliphatic heterocycles. The van der Waals surface area contributed by atoms with Crippen LogP contribution in [-0.2, 0) is 31.7 Å². The zero-order valence-corrected chi connectivity index (χ0v) is 19.1. The maximum atomic E-state index is 13.2. The summed E-state index contributed by atoms with van der Waals surface area (Å²) in [6.07, 6.45) is -5.62. The number of nitrogens with zero attached hydrogens (tertiary/aromatic N) is 1. The first kappa shape index (κ1) is 25.7. The van der Waals surface area contributed by atoms with E-state index in [0.29, 0.717) is 5.06 Å². The lowest BCUT2D eigenvalue weighted by Crippen LogP contribution is -2.39. The highest BCUT2D eigenvalue weighted by Crippen LogP contribution is 2.32. The van der Waals surface area contributed by atoms with Crippen molar-refractivity contribution in [2.24, 2.45) is 0 Å². The number of aryl methyl sites for hydroxylation is 2. The zero-order valence-electron chi connectivity index (χ0n) is 18.3. The average Bonchev–Trinajstić information content (AvgIpc) is 2.65. The predicted molar refractivity (Wildman–Crippen MR) is 112 cm³/mol. The van der Waals surface area contributed by atoms with Crippen molar-refractivity contribution in [3.63, 3.8) is 0 Å². The molecule has 0 fully saturated rings. The van der Waals surface area contributed by atoms with E-state index in [-0.39, 0.29) is 29.8 Å². The van der Waals surface area contributed by atoms with Crippen molar-refractivity contribution in [1.82, 2.24) is 5.06 Å². The summed E-state index contributed by atoms with van der Waals surface area (Å²) in [5.74, 6) is 0. The molecule has 10 heteroatoms. The molecule has 0 atom stereocenters. The normalized spacial score (nSPS) is 12.5. The van der Waals surface area contributed by atoms with E-state index in [2.05, 4.69) is 0 Å². The van der Waals surface area contributed by atoms with Crippen LogP contribution in [0.4, 0.5) is 18.0 Å². The molecule has 0 saturated carbocycles. The second-order valence-corrected chi connectivity index (χ2v) is 9.71. The molecule has 2 aromatic rings. The first-order valence-electron chi connectivity index (χ1n) is 9.86. The summed E-state index contributed by atoms with van der Waals surface area (Å²) >= 11 is 0. The fourth-order valence-electron chi connectivity index (χ4n) is 2.77. The molecule has 0 N–H and O–H groups in total. The molecule has 0 heterocycles. The van der Waals surface area contributed by atoms with E-state index < -0.39 is 33.6 Å². The SMILES string of the molecule is Cc1ccc(S(=O)(=O)ON(CCCc2ccccc2C(F)(F)F)C(=O)OC(C)(C)C)cc1. The van der Waals surface area contributed by atoms with Gasteiger partial charge in [-0.05, 0) is 64.3 Å². The number of rotatable bonds is 7. The van der Waals surface area contributed by atoms with Crippen molar-refractivity contribution in [2.45, 2.75) is 57.2 Å². The van der Waals surface area contributed by atoms with Gasteiger partial charge in [0.1, 0.15) is 5.60 Å². The largest absolute Gasteiger partial charge is 0.442 e. The third-order valence-electron chi connectivity index (χ3n) is 4.22. The van der Waals surface area contributed by atoms with Gasteiger partial charge in [-0.3, -0.25) is 0 Å². The molecule has 32 heavy (non-hydrogen) atoms. The number of hydrogen-bond donors (Lipinski definition) is 0. The van der Waals surface area contributed by atoms with Crippen LogP contribution in [0.1, 0.15) is 43.9 Å². The van der Waals surface area contributed by atoms with Crippen LogP contribution in [0.3, 0.4) is 0 Å². The molecule has 0 unspecified atom stereocenters. The summed E-state index contributed by atoms with van der Waals surface area (Å²) in [7, 11) is -4.36. The lowest BCUT2D eigenvalue weighted by Gasteiger charge is -2.26. The number of alkyl halides is 3. The van der Waals surface area contributed by atoms with Crippen molar-refractivity contribution >= 4 is 16.2 Å². The van der Waals surface area contributed by atoms with Gasteiger partial charge in [0.15, 0.2) is 0 Å². The average molecular weight is 474 g/mol. The minimum Gasteiger partial charge on any atom is -0.442 e. The van der Waals surface area contributed by atoms with Crippen molar-refractivity contribution in [1.29, 1.82) is 0 Å². The van der Waals surface area contributed by atoms with Gasteiger partial charge < -0.3 is 4.74 Å². The molecule has 0 bridgehead atoms. The summed E-state index contributed by atoms with van der Waals surface area (Å²) in [6.45, 7) is 6.26. The van der Waals surface area contributed by atoms with Crippen LogP contribution in [0.2, 0.25) is 0 Å². The summed E-state index contributed by atoms with van der Waals surface area (Å²) in [5, 5.41) is 0.524. The molecule has 0 saturated heterocycles. The van der Waals surface area contributed by atoms with Crippen LogP contribution >= 0.6 is 0 Å². The Morgan fingerprint density at radius 2 is 1.59 bits per heavy atom. The first-order chi connectivity index (χ1) is 14.7. The van der Waals surface area contributed by atoms with Gasteiger partial charge in [0, 0.05) is 0 Å². The Bertz CT molecular complexity index is 1030. The Morgan fingerprint density at radius 3 is 2.16 bits per heavy atom. The standard InChI is InChI=1S/C22H26F3NO5S/c1-16-11-13-18(14-12-16)32(28,29)31-26(20(27)30-21(2,3)4)15-7-9-17-8-5-6-10-19(17)22(23,24)25/h5-6,8,10-14H,7,9,15H2,1-4H3. The summed E-state index contributed by atoms with van der Waals surface area (Å²) < 4.78 is 75.1. The zero-order chi connectivity index (χ0) is 24.2. The second kappa shape index (κ2) is 9.91. The maximum Gasteiger partial charge on any atom is 0.435 e. The van der Waals surface area contributed by atoms with Crippen molar-refractivity contribution in [2.75, 3.05) is 6.54 Å². The van der Waals surface area contributed by atoms with Crippen LogP contribution in [0.15, 0.2) is 53.4 Å². The molecule has 0 aliphatic rings. The monoisotopic (exact) mass is 473 g/mol. The Hall–Kier alpha value is -2.59. The summed E-state index contributed by atoms with van der Waals surface area (Å²) in [6, 6.07) is 10.9. The van der Waals surface area contributed by atoms with Crippen LogP contribution in [0.25, 0.3) is 0 Å². The Morgan fingerprint density at radius 1 is 1.00 bits per heavy atom. The molecular formula is C22H26F3NO5S. The molecule has 1 amide bonds. The van der Waals surface area contributed by atoms with Crippen molar-refractivity contribution in [3.8, 4) is 0 Å². The molecule has 6 nitrogen and oxygen atoms in total. The highest BCUT2D eigenvalue weighted by molar-refractivity contribution is 7.86. The highest BCUT2D eigenvalue weighted by atomic mass is 32.2. The molecule has 0 aromatic heterocycles. The van der Waals surface area contributed by atoms with Gasteiger partial charge in [0.2, 0.25) is 0 Å². The van der Waals surface area contributed by atoms with E-state index in [1.54, 1.807) is 39.8 Å². The first-order valence-corrected chi connectivity index (χ1v) is 11.3. The van der Waals surface area contributed by atoms with Crippen LogP contribution in [0.5, 0.6) is 0 Å². The minimum absolute atomic E-state index is 0.00968. The van der Waals surface area contributed by atoms with E-state index in [1.807, 2.05) is 0 Å². The number of halogens is 3. The Balaban J connectivity index is 2.19. The van der Waals surface area contributed by atoms with Gasteiger partial charge in [-0.15, -0.1) is 4.28 Å². The highest BCUT2D eigenvalue weighted by Gasteiger charge is 2.33. The topological polar surface area (TPSA) is 72.9 Å². The molecule has 0 spiro atoms. The molecule has 0 aliphatic carbocycles. The lowest BCUT2D eigenvalue weighted by atomic mass is 10.0. The van der Waals surface area contributed by atoms with Crippen molar-refractivity contribution < 1.29 is 35.4 Å². The van der Waals surface area contributed by atoms with E-state index in [0.717, 1.165) is 11.6 Å². The predicted octanol–water partition coefficient (Wildman–Crippen LogP) is 5.50. The summed E-state index contributed by atoms with van der Waals surface area (Å²) in [5.41, 5.74) is -0.853. The van der Waals surface area contributed by atoms with E-state index >= 15 is 0 Å². The van der Waals surface area contributed by atoms with Crippen LogP contribution in [0, 0.1) is 6.92 Å². The number of hydroxylamine groups is 2. The third-order valence-corrected chi connectivity index (χ3v) is 5.45. The molecule has 176 valence electrons. The summed E-state index contributed by atoms with van der Waals surface area (Å²) in [4.78, 5) is 12.4. The van der Waals surface area contributed by atoms with E-state index in [1.165, 1.54) is 30.3 Å². The van der Waals surface area contributed by atoms with Gasteiger partial charge in [0.25, 0.3) is 0 Å². The van der Waals surface area contributed by atoms with Crippen LogP contribution < -0.4 is 0 Å². The number of carbonyl (C=O) groups is 1. The minimum atomic E-state index is -4.52. The van der Waals surface area contributed by atoms with Gasteiger partial charge in [0.05, 0.1) is 17.0 Å². The molecular weight excluding hydrogens is 447 g/mol. The Labute approximate surface area is 186 Å². The molecule has 0 radical (unpaired) electrons. The number of hydrogen-bond acceptors (Lipinski definition) is 5. The maximum absolute atomic E-state index is 13.2. The quantitative estimate of drug-likeness (QED) is 0.496. The smallest absolute Gasteiger partial charge is 0.435 e. The number of ether oxygens (including phenoxy) is 1. The molecule has 2 aromatic carbocycles. The Kier molecular flexibility index (Phi) is 7.95. The number of amides is 1. The number of benzene rings is 2. The third kappa shape index (κ3) is 7.52. The van der Waals surface area contributed by atoms with Gasteiger partial charge >= 0.3 is 22.4 Å². The second-order valence-electron chi connectivity index (χ2n) is 8.18. The van der Waals surface area contributed by atoms with Gasteiger partial charge in [-0.1, -0.05) is 35.9 Å². The van der Waals surface area contributed by atoms with Crippen molar-refractivity contribution in [3.05, 3.63) is 65.2 Å². The molecule has 2 rings (SSSR count).